The average molecular weight is 322 g/mol. The third kappa shape index (κ3) is 5.55. The molecule has 0 unspecified atom stereocenters. The maximum absolute atomic E-state index is 11.8. The van der Waals surface area contributed by atoms with E-state index in [2.05, 4.69) is 30.6 Å². The molecule has 0 bridgehead atoms. The van der Waals surface area contributed by atoms with Gasteiger partial charge in [0.2, 0.25) is 5.91 Å². The Morgan fingerprint density at radius 3 is 2.70 bits per heavy atom. The zero-order valence-corrected chi connectivity index (χ0v) is 14.1. The van der Waals surface area contributed by atoms with E-state index in [1.807, 2.05) is 19.9 Å². The first kappa shape index (κ1) is 17.3. The number of aromatic nitrogens is 1. The molecule has 1 amide bonds. The zero-order chi connectivity index (χ0) is 16.7. The molecule has 8 heteroatoms. The first-order chi connectivity index (χ1) is 11.1. The van der Waals surface area contributed by atoms with Crippen LogP contribution in [0.1, 0.15) is 19.5 Å². The van der Waals surface area contributed by atoms with E-state index >= 15 is 0 Å². The summed E-state index contributed by atoms with van der Waals surface area (Å²) in [5, 5.41) is 10.1. The number of hydrogen-bond acceptors (Lipinski definition) is 5. The monoisotopic (exact) mass is 322 g/mol. The van der Waals surface area contributed by atoms with Crippen molar-refractivity contribution in [1.29, 1.82) is 0 Å². The number of nitrogens with one attached hydrogen (secondary N) is 2. The van der Waals surface area contributed by atoms with Gasteiger partial charge >= 0.3 is 0 Å². The molecule has 2 N–H and O–H groups in total. The van der Waals surface area contributed by atoms with Gasteiger partial charge in [0.05, 0.1) is 13.1 Å². The van der Waals surface area contributed by atoms with Crippen LogP contribution in [0.25, 0.3) is 0 Å². The molecule has 128 valence electrons. The molecule has 1 saturated heterocycles. The molecule has 0 radical (unpaired) electrons. The molecule has 2 rings (SSSR count). The summed E-state index contributed by atoms with van der Waals surface area (Å²) in [4.78, 5) is 20.5. The van der Waals surface area contributed by atoms with E-state index in [1.165, 1.54) is 0 Å². The van der Waals surface area contributed by atoms with E-state index in [9.17, 15) is 4.79 Å². The van der Waals surface area contributed by atoms with E-state index in [1.54, 1.807) is 13.3 Å². The van der Waals surface area contributed by atoms with Gasteiger partial charge in [-0.15, -0.1) is 0 Å². The fraction of sp³-hybridized carbons (Fsp3) is 0.667. The van der Waals surface area contributed by atoms with Gasteiger partial charge in [0.15, 0.2) is 5.96 Å². The molecule has 0 saturated carbocycles. The summed E-state index contributed by atoms with van der Waals surface area (Å²) in [6.45, 7) is 8.35. The van der Waals surface area contributed by atoms with Crippen molar-refractivity contribution in [3.63, 3.8) is 0 Å². The topological polar surface area (TPSA) is 86.0 Å². The number of guanidine groups is 1. The van der Waals surface area contributed by atoms with Crippen molar-refractivity contribution >= 4 is 11.9 Å². The molecule has 23 heavy (non-hydrogen) atoms. The highest BCUT2D eigenvalue weighted by Gasteiger charge is 2.21. The van der Waals surface area contributed by atoms with Crippen molar-refractivity contribution in [3.8, 4) is 0 Å². The Kier molecular flexibility index (Phi) is 6.40. The van der Waals surface area contributed by atoms with Gasteiger partial charge in [-0.1, -0.05) is 5.16 Å². The minimum absolute atomic E-state index is 0.0852. The van der Waals surface area contributed by atoms with Gasteiger partial charge in [-0.2, -0.15) is 0 Å². The van der Waals surface area contributed by atoms with Crippen molar-refractivity contribution < 1.29 is 9.32 Å². The number of aliphatic imine (C=N–C) groups is 1. The molecule has 0 aliphatic carbocycles. The zero-order valence-electron chi connectivity index (χ0n) is 14.1. The summed E-state index contributed by atoms with van der Waals surface area (Å²) in [6.07, 6.45) is 1.56. The number of carbonyl (C=O) groups is 1. The van der Waals surface area contributed by atoms with Gasteiger partial charge in [0.25, 0.3) is 0 Å². The highest BCUT2D eigenvalue weighted by Crippen LogP contribution is 2.03. The minimum atomic E-state index is 0.0852. The SMILES string of the molecule is CN=C(NCc1ccon1)N1CCN(CC(=O)NC(C)C)CC1. The van der Waals surface area contributed by atoms with Crippen molar-refractivity contribution in [2.75, 3.05) is 39.8 Å². The van der Waals surface area contributed by atoms with Crippen molar-refractivity contribution in [1.82, 2.24) is 25.6 Å². The van der Waals surface area contributed by atoms with Gasteiger partial charge in [0, 0.05) is 45.3 Å². The van der Waals surface area contributed by atoms with Crippen LogP contribution in [-0.2, 0) is 11.3 Å². The Bertz CT molecular complexity index is 506. The Hall–Kier alpha value is -2.09. The fourth-order valence-corrected chi connectivity index (χ4v) is 2.52. The molecule has 0 aromatic carbocycles. The molecule has 1 aliphatic rings. The first-order valence-corrected chi connectivity index (χ1v) is 7.95. The summed E-state index contributed by atoms with van der Waals surface area (Å²) >= 11 is 0. The second-order valence-corrected chi connectivity index (χ2v) is 5.88. The molecule has 1 aromatic heterocycles. The van der Waals surface area contributed by atoms with Crippen molar-refractivity contribution in [3.05, 3.63) is 18.0 Å². The lowest BCUT2D eigenvalue weighted by atomic mass is 10.3. The number of piperazine rings is 1. The fourth-order valence-electron chi connectivity index (χ4n) is 2.52. The van der Waals surface area contributed by atoms with Gasteiger partial charge in [-0.05, 0) is 13.8 Å². The number of carbonyl (C=O) groups excluding carboxylic acids is 1. The highest BCUT2D eigenvalue weighted by molar-refractivity contribution is 5.80. The van der Waals surface area contributed by atoms with Gasteiger partial charge in [-0.25, -0.2) is 0 Å². The second kappa shape index (κ2) is 8.52. The first-order valence-electron chi connectivity index (χ1n) is 7.95. The standard InChI is InChI=1S/C15H26N6O2/c1-12(2)18-14(22)11-20-5-7-21(8-6-20)15(16-3)17-10-13-4-9-23-19-13/h4,9,12H,5-8,10-11H2,1-3H3,(H,16,17)(H,18,22). The van der Waals surface area contributed by atoms with Crippen molar-refractivity contribution in [2.24, 2.45) is 4.99 Å². The molecule has 8 nitrogen and oxygen atoms in total. The van der Waals surface area contributed by atoms with E-state index in [0.717, 1.165) is 37.8 Å². The average Bonchev–Trinajstić information content (AvgIpc) is 3.02. The molecular formula is C15H26N6O2. The summed E-state index contributed by atoms with van der Waals surface area (Å²) in [6, 6.07) is 2.01. The molecule has 0 atom stereocenters. The molecule has 0 spiro atoms. The summed E-state index contributed by atoms with van der Waals surface area (Å²) < 4.78 is 4.82. The van der Waals surface area contributed by atoms with Crippen LogP contribution in [0.3, 0.4) is 0 Å². The van der Waals surface area contributed by atoms with Gasteiger partial charge in [0.1, 0.15) is 12.0 Å². The lowest BCUT2D eigenvalue weighted by molar-refractivity contribution is -0.123. The maximum atomic E-state index is 11.8. The number of rotatable bonds is 5. The van der Waals surface area contributed by atoms with Crippen LogP contribution in [0, 0.1) is 0 Å². The van der Waals surface area contributed by atoms with Crippen molar-refractivity contribution in [2.45, 2.75) is 26.4 Å². The number of hydrogen-bond donors (Lipinski definition) is 2. The van der Waals surface area contributed by atoms with E-state index in [4.69, 9.17) is 4.52 Å². The molecule has 1 aromatic rings. The van der Waals surface area contributed by atoms with Crippen LogP contribution in [-0.4, -0.2) is 72.6 Å². The van der Waals surface area contributed by atoms with Crippen LogP contribution in [0.2, 0.25) is 0 Å². The van der Waals surface area contributed by atoms with E-state index in [-0.39, 0.29) is 11.9 Å². The Labute approximate surface area is 136 Å². The Morgan fingerprint density at radius 2 is 2.13 bits per heavy atom. The van der Waals surface area contributed by atoms with Crippen LogP contribution >= 0.6 is 0 Å². The smallest absolute Gasteiger partial charge is 0.234 e. The second-order valence-electron chi connectivity index (χ2n) is 5.88. The Balaban J connectivity index is 1.75. The number of nitrogens with zero attached hydrogens (tertiary/aromatic N) is 4. The van der Waals surface area contributed by atoms with Crippen LogP contribution in [0.5, 0.6) is 0 Å². The quantitative estimate of drug-likeness (QED) is 0.581. The lowest BCUT2D eigenvalue weighted by Crippen LogP contribution is -2.54. The molecular weight excluding hydrogens is 296 g/mol. The largest absolute Gasteiger partial charge is 0.364 e. The number of amides is 1. The van der Waals surface area contributed by atoms with Crippen LogP contribution in [0.4, 0.5) is 0 Å². The summed E-state index contributed by atoms with van der Waals surface area (Å²) in [7, 11) is 1.77. The van der Waals surface area contributed by atoms with Gasteiger partial charge in [-0.3, -0.25) is 14.7 Å². The third-order valence-electron chi connectivity index (χ3n) is 3.62. The van der Waals surface area contributed by atoms with Crippen LogP contribution in [0.15, 0.2) is 21.8 Å². The summed E-state index contributed by atoms with van der Waals surface area (Å²) in [5.74, 6) is 0.932. The predicted octanol–water partition coefficient (Wildman–Crippen LogP) is -0.108. The normalized spacial score (nSPS) is 16.7. The Morgan fingerprint density at radius 1 is 1.39 bits per heavy atom. The maximum Gasteiger partial charge on any atom is 0.234 e. The lowest BCUT2D eigenvalue weighted by Gasteiger charge is -2.36. The highest BCUT2D eigenvalue weighted by atomic mass is 16.5. The summed E-state index contributed by atoms with van der Waals surface area (Å²) in [5.41, 5.74) is 0.843. The minimum Gasteiger partial charge on any atom is -0.364 e. The van der Waals surface area contributed by atoms with E-state index in [0.29, 0.717) is 13.1 Å². The third-order valence-corrected chi connectivity index (χ3v) is 3.62. The molecule has 2 heterocycles. The predicted molar refractivity (Wildman–Crippen MR) is 88.0 cm³/mol. The van der Waals surface area contributed by atoms with Gasteiger partial charge < -0.3 is 20.1 Å². The van der Waals surface area contributed by atoms with E-state index < -0.39 is 0 Å². The molecule has 1 fully saturated rings. The molecule has 1 aliphatic heterocycles. The van der Waals surface area contributed by atoms with Crippen LogP contribution < -0.4 is 10.6 Å².